The average molecular weight is 235 g/mol. The molecule has 0 aliphatic carbocycles. The Bertz CT molecular complexity index is 284. The molecule has 2 N–H and O–H groups in total. The molecule has 0 aromatic heterocycles. The Morgan fingerprint density at radius 1 is 1.18 bits per heavy atom. The van der Waals surface area contributed by atoms with Crippen LogP contribution in [0.1, 0.15) is 38.7 Å². The van der Waals surface area contributed by atoms with Gasteiger partial charge in [-0.25, -0.2) is 0 Å². The number of nitrogens with two attached hydrogens (primary N) is 1. The van der Waals surface area contributed by atoms with E-state index >= 15 is 0 Å². The molecular weight excluding hydrogens is 210 g/mol. The van der Waals surface area contributed by atoms with Crippen LogP contribution in [0.2, 0.25) is 0 Å². The van der Waals surface area contributed by atoms with Crippen LogP contribution in [0.25, 0.3) is 0 Å². The van der Waals surface area contributed by atoms with Crippen molar-refractivity contribution in [3.05, 3.63) is 35.9 Å². The Balaban J connectivity index is 2.01. The summed E-state index contributed by atoms with van der Waals surface area (Å²) < 4.78 is 5.62. The Morgan fingerprint density at radius 3 is 2.53 bits per heavy atom. The van der Waals surface area contributed by atoms with Gasteiger partial charge in [-0.2, -0.15) is 0 Å². The fourth-order valence-corrected chi connectivity index (χ4v) is 1.94. The summed E-state index contributed by atoms with van der Waals surface area (Å²) in [6, 6.07) is 10.6. The fourth-order valence-electron chi connectivity index (χ4n) is 1.94. The van der Waals surface area contributed by atoms with Crippen molar-refractivity contribution in [3.63, 3.8) is 0 Å². The Hall–Kier alpha value is -0.860. The topological polar surface area (TPSA) is 35.2 Å². The molecule has 0 bridgehead atoms. The van der Waals surface area contributed by atoms with E-state index in [4.69, 9.17) is 10.5 Å². The summed E-state index contributed by atoms with van der Waals surface area (Å²) in [7, 11) is 0. The molecule has 2 nitrogen and oxygen atoms in total. The normalized spacial score (nSPS) is 12.9. The van der Waals surface area contributed by atoms with E-state index in [9.17, 15) is 0 Å². The average Bonchev–Trinajstić information content (AvgIpc) is 2.29. The minimum absolute atomic E-state index is 0.329. The standard InChI is InChI=1S/C15H25NO/c1-13(2)11-15(16)9-6-10-17-12-14-7-4-3-5-8-14/h3-5,7-8,13,15H,6,9-12,16H2,1-2H3. The molecule has 1 aromatic rings. The van der Waals surface area contributed by atoms with Gasteiger partial charge in [-0.3, -0.25) is 0 Å². The zero-order valence-electron chi connectivity index (χ0n) is 11.1. The highest BCUT2D eigenvalue weighted by Gasteiger charge is 2.04. The molecule has 2 heteroatoms. The van der Waals surface area contributed by atoms with E-state index in [2.05, 4.69) is 26.0 Å². The van der Waals surface area contributed by atoms with Crippen molar-refractivity contribution in [2.75, 3.05) is 6.61 Å². The maximum atomic E-state index is 6.01. The van der Waals surface area contributed by atoms with Crippen molar-refractivity contribution in [3.8, 4) is 0 Å². The van der Waals surface area contributed by atoms with E-state index in [1.54, 1.807) is 0 Å². The maximum absolute atomic E-state index is 6.01. The molecule has 1 aromatic carbocycles. The van der Waals surface area contributed by atoms with Crippen LogP contribution in [-0.4, -0.2) is 12.6 Å². The van der Waals surface area contributed by atoms with E-state index in [-0.39, 0.29) is 0 Å². The molecule has 0 spiro atoms. The lowest BCUT2D eigenvalue weighted by Gasteiger charge is -2.13. The molecule has 0 heterocycles. The van der Waals surface area contributed by atoms with Crippen LogP contribution >= 0.6 is 0 Å². The summed E-state index contributed by atoms with van der Waals surface area (Å²) in [4.78, 5) is 0. The SMILES string of the molecule is CC(C)CC(N)CCCOCc1ccccc1. The summed E-state index contributed by atoms with van der Waals surface area (Å²) in [5.74, 6) is 0.690. The number of rotatable bonds is 8. The number of ether oxygens (including phenoxy) is 1. The molecule has 0 radical (unpaired) electrons. The minimum Gasteiger partial charge on any atom is -0.377 e. The van der Waals surface area contributed by atoms with E-state index < -0.39 is 0 Å². The van der Waals surface area contributed by atoms with E-state index in [0.717, 1.165) is 25.9 Å². The van der Waals surface area contributed by atoms with E-state index in [1.165, 1.54) is 5.56 Å². The minimum atomic E-state index is 0.329. The van der Waals surface area contributed by atoms with Crippen molar-refractivity contribution in [1.29, 1.82) is 0 Å². The third-order valence-electron chi connectivity index (χ3n) is 2.75. The second kappa shape index (κ2) is 8.26. The highest BCUT2D eigenvalue weighted by Crippen LogP contribution is 2.08. The molecule has 1 rings (SSSR count). The lowest BCUT2D eigenvalue weighted by atomic mass is 10.0. The molecular formula is C15H25NO. The Morgan fingerprint density at radius 2 is 1.88 bits per heavy atom. The number of hydrogen-bond donors (Lipinski definition) is 1. The second-order valence-corrected chi connectivity index (χ2v) is 5.07. The van der Waals surface area contributed by atoms with Gasteiger partial charge in [0.05, 0.1) is 6.61 Å². The first-order valence-electron chi connectivity index (χ1n) is 6.55. The first-order valence-corrected chi connectivity index (χ1v) is 6.55. The van der Waals surface area contributed by atoms with Gasteiger partial charge in [-0.15, -0.1) is 0 Å². The Kier molecular flexibility index (Phi) is 6.90. The predicted octanol–water partition coefficient (Wildman–Crippen LogP) is 3.36. The van der Waals surface area contributed by atoms with Gasteiger partial charge in [0.25, 0.3) is 0 Å². The number of hydrogen-bond acceptors (Lipinski definition) is 2. The molecule has 96 valence electrons. The highest BCUT2D eigenvalue weighted by atomic mass is 16.5. The van der Waals surface area contributed by atoms with Crippen molar-refractivity contribution < 1.29 is 4.74 Å². The molecule has 1 unspecified atom stereocenters. The van der Waals surface area contributed by atoms with Gasteiger partial charge in [0.2, 0.25) is 0 Å². The summed E-state index contributed by atoms with van der Waals surface area (Å²) >= 11 is 0. The van der Waals surface area contributed by atoms with E-state index in [0.29, 0.717) is 18.6 Å². The van der Waals surface area contributed by atoms with Gasteiger partial charge in [-0.05, 0) is 30.7 Å². The maximum Gasteiger partial charge on any atom is 0.0716 e. The van der Waals surface area contributed by atoms with Crippen molar-refractivity contribution in [1.82, 2.24) is 0 Å². The first kappa shape index (κ1) is 14.2. The summed E-state index contributed by atoms with van der Waals surface area (Å²) in [5.41, 5.74) is 7.25. The van der Waals surface area contributed by atoms with Crippen LogP contribution in [0.3, 0.4) is 0 Å². The van der Waals surface area contributed by atoms with E-state index in [1.807, 2.05) is 18.2 Å². The van der Waals surface area contributed by atoms with Crippen LogP contribution in [0.4, 0.5) is 0 Å². The molecule has 0 saturated carbocycles. The van der Waals surface area contributed by atoms with Crippen molar-refractivity contribution in [2.24, 2.45) is 11.7 Å². The summed E-state index contributed by atoms with van der Waals surface area (Å²) in [5, 5.41) is 0. The smallest absolute Gasteiger partial charge is 0.0716 e. The molecule has 0 saturated heterocycles. The fraction of sp³-hybridized carbons (Fsp3) is 0.600. The zero-order valence-corrected chi connectivity index (χ0v) is 11.1. The van der Waals surface area contributed by atoms with Crippen molar-refractivity contribution >= 4 is 0 Å². The molecule has 1 atom stereocenters. The Labute approximate surface area is 105 Å². The third-order valence-corrected chi connectivity index (χ3v) is 2.75. The zero-order chi connectivity index (χ0) is 12.5. The molecule has 0 amide bonds. The molecule has 0 fully saturated rings. The summed E-state index contributed by atoms with van der Waals surface area (Å²) in [6.07, 6.45) is 3.23. The number of benzene rings is 1. The quantitative estimate of drug-likeness (QED) is 0.701. The van der Waals surface area contributed by atoms with Gasteiger partial charge in [0.1, 0.15) is 0 Å². The van der Waals surface area contributed by atoms with Crippen molar-refractivity contribution in [2.45, 2.75) is 45.8 Å². The second-order valence-electron chi connectivity index (χ2n) is 5.07. The van der Waals surface area contributed by atoms with Crippen LogP contribution in [0.5, 0.6) is 0 Å². The highest BCUT2D eigenvalue weighted by molar-refractivity contribution is 5.13. The largest absolute Gasteiger partial charge is 0.377 e. The monoisotopic (exact) mass is 235 g/mol. The van der Waals surface area contributed by atoms with Gasteiger partial charge < -0.3 is 10.5 Å². The molecule has 0 aliphatic heterocycles. The van der Waals surface area contributed by atoms with Gasteiger partial charge >= 0.3 is 0 Å². The lowest BCUT2D eigenvalue weighted by molar-refractivity contribution is 0.115. The van der Waals surface area contributed by atoms with Gasteiger partial charge in [-0.1, -0.05) is 44.2 Å². The third kappa shape index (κ3) is 7.14. The van der Waals surface area contributed by atoms with Crippen LogP contribution in [0, 0.1) is 5.92 Å². The first-order chi connectivity index (χ1) is 8.18. The van der Waals surface area contributed by atoms with Crippen LogP contribution in [0.15, 0.2) is 30.3 Å². The van der Waals surface area contributed by atoms with Crippen LogP contribution < -0.4 is 5.73 Å². The molecule has 17 heavy (non-hydrogen) atoms. The van der Waals surface area contributed by atoms with Crippen LogP contribution in [-0.2, 0) is 11.3 Å². The van der Waals surface area contributed by atoms with Gasteiger partial charge in [0.15, 0.2) is 0 Å². The molecule has 0 aliphatic rings. The van der Waals surface area contributed by atoms with Gasteiger partial charge in [0, 0.05) is 12.6 Å². The predicted molar refractivity (Wildman–Crippen MR) is 72.8 cm³/mol. The summed E-state index contributed by atoms with van der Waals surface area (Å²) in [6.45, 7) is 5.94. The lowest BCUT2D eigenvalue weighted by Crippen LogP contribution is -2.22.